The Labute approximate surface area is 265 Å². The normalized spacial score (nSPS) is 20.0. The van der Waals surface area contributed by atoms with Gasteiger partial charge in [-0.25, -0.2) is 0 Å². The van der Waals surface area contributed by atoms with Crippen LogP contribution in [0.15, 0.2) is 42.5 Å². The average molecular weight is 677 g/mol. The van der Waals surface area contributed by atoms with Crippen LogP contribution in [-0.2, 0) is 28.2 Å². The molecule has 248 valence electrons. The molecule has 0 N–H and O–H groups in total. The van der Waals surface area contributed by atoms with Crippen molar-refractivity contribution in [3.8, 4) is 5.75 Å². The van der Waals surface area contributed by atoms with E-state index in [1.54, 1.807) is 7.11 Å². The molecule has 7 nitrogen and oxygen atoms in total. The number of carbonyl (C=O) groups is 1. The number of carbonyl (C=O) groups excluding carboxylic acids is 1. The van der Waals surface area contributed by atoms with Crippen molar-refractivity contribution in [3.05, 3.63) is 64.7 Å². The zero-order valence-corrected chi connectivity index (χ0v) is 26.0. The van der Waals surface area contributed by atoms with Crippen molar-refractivity contribution in [1.82, 2.24) is 14.7 Å². The van der Waals surface area contributed by atoms with Crippen LogP contribution >= 0.6 is 24.8 Å². The van der Waals surface area contributed by atoms with Gasteiger partial charge in [-0.15, -0.1) is 24.8 Å². The zero-order valence-electron chi connectivity index (χ0n) is 24.3. The van der Waals surface area contributed by atoms with E-state index >= 15 is 0 Å². The van der Waals surface area contributed by atoms with Crippen LogP contribution in [0.3, 0.4) is 0 Å². The molecule has 15 heteroatoms. The minimum atomic E-state index is -4.68. The smallest absolute Gasteiger partial charge is 0.416 e. The van der Waals surface area contributed by atoms with Crippen molar-refractivity contribution in [2.75, 3.05) is 73.2 Å². The number of hydrogen-bond acceptors (Lipinski definition) is 6. The first-order chi connectivity index (χ1) is 19.9. The Morgan fingerprint density at radius 1 is 0.864 bits per heavy atom. The quantitative estimate of drug-likeness (QED) is 0.337. The Balaban J connectivity index is 0.00000337. The predicted octanol–water partition coefficient (Wildman–Crippen LogP) is 5.29. The Morgan fingerprint density at radius 3 is 2.09 bits per heavy atom. The van der Waals surface area contributed by atoms with E-state index in [4.69, 9.17) is 14.2 Å². The molecule has 0 spiro atoms. The van der Waals surface area contributed by atoms with Gasteiger partial charge >= 0.3 is 12.4 Å². The third-order valence-corrected chi connectivity index (χ3v) is 7.60. The number of nitrogens with zero attached hydrogens (tertiary/aromatic N) is 3. The van der Waals surface area contributed by atoms with E-state index in [2.05, 4.69) is 9.80 Å². The van der Waals surface area contributed by atoms with Gasteiger partial charge in [-0.1, -0.05) is 12.1 Å². The maximum Gasteiger partial charge on any atom is 0.416 e. The van der Waals surface area contributed by atoms with E-state index < -0.39 is 35.4 Å². The molecule has 0 bridgehead atoms. The lowest BCUT2D eigenvalue weighted by atomic mass is 9.99. The van der Waals surface area contributed by atoms with Gasteiger partial charge in [-0.3, -0.25) is 14.6 Å². The van der Waals surface area contributed by atoms with E-state index in [0.29, 0.717) is 38.4 Å². The van der Waals surface area contributed by atoms with Crippen molar-refractivity contribution >= 4 is 30.7 Å². The summed E-state index contributed by atoms with van der Waals surface area (Å²) in [6, 6.07) is 7.17. The van der Waals surface area contributed by atoms with Crippen molar-refractivity contribution in [1.29, 1.82) is 0 Å². The highest BCUT2D eigenvalue weighted by Crippen LogP contribution is 2.34. The predicted molar refractivity (Wildman–Crippen MR) is 157 cm³/mol. The molecule has 0 aliphatic carbocycles. The number of rotatable bonds is 9. The highest BCUT2D eigenvalue weighted by molar-refractivity contribution is 5.95. The van der Waals surface area contributed by atoms with Crippen molar-refractivity contribution in [2.24, 2.45) is 0 Å². The van der Waals surface area contributed by atoms with Crippen molar-refractivity contribution in [3.63, 3.8) is 0 Å². The summed E-state index contributed by atoms with van der Waals surface area (Å²) in [5.41, 5.74) is -1.35. The molecule has 2 atom stereocenters. The minimum absolute atomic E-state index is 0. The number of methoxy groups -OCH3 is 2. The van der Waals surface area contributed by atoms with E-state index in [1.165, 1.54) is 30.2 Å². The summed E-state index contributed by atoms with van der Waals surface area (Å²) in [6.45, 7) is 5.16. The molecule has 1 amide bonds. The number of halogens is 8. The van der Waals surface area contributed by atoms with Crippen LogP contribution < -0.4 is 4.74 Å². The molecule has 2 saturated heterocycles. The Kier molecular flexibility index (Phi) is 14.1. The monoisotopic (exact) mass is 675 g/mol. The van der Waals surface area contributed by atoms with Gasteiger partial charge in [0.1, 0.15) is 5.75 Å². The van der Waals surface area contributed by atoms with Gasteiger partial charge < -0.3 is 19.1 Å². The van der Waals surface area contributed by atoms with Gasteiger partial charge in [-0.2, -0.15) is 26.3 Å². The first kappa shape index (κ1) is 37.9. The standard InChI is InChI=1S/C29H35F6N3O4.2ClH/c1-40-19-26-18-37(11-12-42-26)8-7-36-9-10-38(24(17-36)13-20-3-5-22(6-4-20)28(30,31)32)27(39)21-14-23(29(33,34)35)16-25(15-21)41-2;;/h3-6,14-16,24,26H,7-13,17-19H2,1-2H3;2*1H/t24-,26+;;/m1../s1. The third-order valence-electron chi connectivity index (χ3n) is 7.60. The molecule has 0 saturated carbocycles. The summed E-state index contributed by atoms with van der Waals surface area (Å²) in [7, 11) is 2.84. The molecule has 2 aliphatic rings. The Hall–Kier alpha value is -2.29. The van der Waals surface area contributed by atoms with Gasteiger partial charge in [0.2, 0.25) is 0 Å². The average Bonchev–Trinajstić information content (AvgIpc) is 2.95. The van der Waals surface area contributed by atoms with Gasteiger partial charge in [0, 0.05) is 64.5 Å². The molecule has 0 radical (unpaired) electrons. The lowest BCUT2D eigenvalue weighted by Crippen LogP contribution is -2.57. The maximum atomic E-state index is 13.6. The summed E-state index contributed by atoms with van der Waals surface area (Å²) in [5.74, 6) is -0.685. The fourth-order valence-electron chi connectivity index (χ4n) is 5.39. The van der Waals surface area contributed by atoms with Crippen LogP contribution in [0.1, 0.15) is 27.0 Å². The lowest BCUT2D eigenvalue weighted by molar-refractivity contribution is -0.138. The van der Waals surface area contributed by atoms with Crippen LogP contribution in [0.5, 0.6) is 5.75 Å². The second-order valence-corrected chi connectivity index (χ2v) is 10.5. The number of piperazine rings is 1. The number of hydrogen-bond donors (Lipinski definition) is 0. The Bertz CT molecular complexity index is 1200. The molecule has 4 rings (SSSR count). The fraction of sp³-hybridized carbons (Fsp3) is 0.552. The largest absolute Gasteiger partial charge is 0.497 e. The minimum Gasteiger partial charge on any atom is -0.497 e. The van der Waals surface area contributed by atoms with Crippen molar-refractivity contribution < 1.29 is 45.3 Å². The number of alkyl halides is 6. The zero-order chi connectivity index (χ0) is 30.5. The lowest BCUT2D eigenvalue weighted by Gasteiger charge is -2.43. The summed E-state index contributed by atoms with van der Waals surface area (Å²) in [5, 5.41) is 0. The number of morpholine rings is 1. The molecule has 0 aromatic heterocycles. The van der Waals surface area contributed by atoms with Gasteiger partial charge in [0.15, 0.2) is 0 Å². The second-order valence-electron chi connectivity index (χ2n) is 10.5. The van der Waals surface area contributed by atoms with Crippen LogP contribution in [0.4, 0.5) is 26.3 Å². The van der Waals surface area contributed by atoms with Crippen LogP contribution in [-0.4, -0.2) is 106 Å². The van der Waals surface area contributed by atoms with Crippen molar-refractivity contribution in [2.45, 2.75) is 30.9 Å². The van der Waals surface area contributed by atoms with Gasteiger partial charge in [0.05, 0.1) is 37.6 Å². The number of amides is 1. The second kappa shape index (κ2) is 16.3. The van der Waals surface area contributed by atoms with Gasteiger partial charge in [-0.05, 0) is 42.3 Å². The summed E-state index contributed by atoms with van der Waals surface area (Å²) in [4.78, 5) is 19.6. The first-order valence-electron chi connectivity index (χ1n) is 13.7. The molecule has 44 heavy (non-hydrogen) atoms. The number of benzene rings is 2. The highest BCUT2D eigenvalue weighted by Gasteiger charge is 2.36. The molecule has 2 aromatic carbocycles. The highest BCUT2D eigenvalue weighted by atomic mass is 35.5. The molecular formula is C29H37Cl2F6N3O4. The van der Waals surface area contributed by atoms with E-state index in [9.17, 15) is 31.1 Å². The van der Waals surface area contributed by atoms with Crippen LogP contribution in [0, 0.1) is 0 Å². The molecule has 2 heterocycles. The summed E-state index contributed by atoms with van der Waals surface area (Å²) >= 11 is 0. The molecular weight excluding hydrogens is 639 g/mol. The van der Waals surface area contributed by atoms with Gasteiger partial charge in [0.25, 0.3) is 5.91 Å². The number of ether oxygens (including phenoxy) is 3. The SMILES string of the molecule is COC[C@@H]1CN(CCN2CCN(C(=O)c3cc(OC)cc(C(F)(F)F)c3)[C@H](Cc3ccc(C(F)(F)F)cc3)C2)CCO1.Cl.Cl. The van der Waals surface area contributed by atoms with Crippen LogP contribution in [0.2, 0.25) is 0 Å². The third kappa shape index (κ3) is 10.1. The van der Waals surface area contributed by atoms with E-state index in [-0.39, 0.29) is 55.2 Å². The molecule has 2 aliphatic heterocycles. The molecule has 0 unspecified atom stereocenters. The maximum absolute atomic E-state index is 13.6. The Morgan fingerprint density at radius 2 is 1.50 bits per heavy atom. The first-order valence-corrected chi connectivity index (χ1v) is 13.7. The van der Waals surface area contributed by atoms with E-state index in [0.717, 1.165) is 43.9 Å². The van der Waals surface area contributed by atoms with Crippen LogP contribution in [0.25, 0.3) is 0 Å². The summed E-state index contributed by atoms with van der Waals surface area (Å²) in [6.07, 6.45) is -8.94. The fourth-order valence-corrected chi connectivity index (χ4v) is 5.39. The molecule has 2 fully saturated rings. The summed E-state index contributed by atoms with van der Waals surface area (Å²) < 4.78 is 95.9. The topological polar surface area (TPSA) is 54.5 Å². The molecule has 2 aromatic rings. The van der Waals surface area contributed by atoms with E-state index in [1.807, 2.05) is 0 Å².